The summed E-state index contributed by atoms with van der Waals surface area (Å²) in [5, 5.41) is 2.82. The van der Waals surface area contributed by atoms with E-state index in [0.717, 1.165) is 61.7 Å². The van der Waals surface area contributed by atoms with Gasteiger partial charge in [0.05, 0.1) is 25.4 Å². The molecule has 182 valence electrons. The van der Waals surface area contributed by atoms with Crippen molar-refractivity contribution in [1.29, 1.82) is 0 Å². The Labute approximate surface area is 195 Å². The molecule has 2 aromatic rings. The summed E-state index contributed by atoms with van der Waals surface area (Å²) in [4.78, 5) is 18.7. The minimum atomic E-state index is -0.507. The number of benzene rings is 1. The Hall–Kier alpha value is -2.48. The van der Waals surface area contributed by atoms with Crippen molar-refractivity contribution in [3.8, 4) is 5.75 Å². The zero-order valence-corrected chi connectivity index (χ0v) is 20.3. The quantitative estimate of drug-likeness (QED) is 0.570. The zero-order valence-electron chi connectivity index (χ0n) is 20.3. The highest BCUT2D eigenvalue weighted by atomic mass is 16.6. The van der Waals surface area contributed by atoms with Crippen LogP contribution in [0.4, 0.5) is 10.8 Å². The number of carbonyl (C=O) groups excluding carboxylic acids is 1. The molecular formula is C25H37N3O5. The summed E-state index contributed by atoms with van der Waals surface area (Å²) in [5.41, 5.74) is 1.10. The van der Waals surface area contributed by atoms with E-state index in [1.807, 2.05) is 45.9 Å². The summed E-state index contributed by atoms with van der Waals surface area (Å²) in [6.07, 6.45) is 5.32. The lowest BCUT2D eigenvalue weighted by Gasteiger charge is -2.31. The van der Waals surface area contributed by atoms with Crippen LogP contribution in [0, 0.1) is 5.92 Å². The summed E-state index contributed by atoms with van der Waals surface area (Å²) in [6.45, 7) is 10.3. The van der Waals surface area contributed by atoms with Gasteiger partial charge in [0.1, 0.15) is 16.9 Å². The molecule has 2 aliphatic rings. The molecule has 2 heterocycles. The molecule has 2 fully saturated rings. The van der Waals surface area contributed by atoms with Crippen molar-refractivity contribution in [2.24, 2.45) is 5.92 Å². The smallest absolute Gasteiger partial charge is 0.407 e. The van der Waals surface area contributed by atoms with Crippen LogP contribution < -0.4 is 15.0 Å². The van der Waals surface area contributed by atoms with Crippen LogP contribution in [0.3, 0.4) is 0 Å². The van der Waals surface area contributed by atoms with E-state index < -0.39 is 11.7 Å². The molecule has 1 aromatic carbocycles. The van der Waals surface area contributed by atoms with E-state index in [0.29, 0.717) is 12.6 Å². The number of nitrogens with zero attached hydrogens (tertiary/aromatic N) is 2. The minimum absolute atomic E-state index is 0.115. The topological polar surface area (TPSA) is 86.1 Å². The number of rotatable bonds is 9. The molecule has 1 saturated carbocycles. The van der Waals surface area contributed by atoms with Crippen molar-refractivity contribution in [2.45, 2.75) is 77.5 Å². The number of oxazole rings is 1. The number of nitrogens with one attached hydrogen (secondary N) is 1. The lowest BCUT2D eigenvalue weighted by Crippen LogP contribution is -2.42. The molecule has 0 bridgehead atoms. The summed E-state index contributed by atoms with van der Waals surface area (Å²) < 4.78 is 23.2. The molecule has 1 aliphatic heterocycles. The third-order valence-corrected chi connectivity index (χ3v) is 5.90. The van der Waals surface area contributed by atoms with Crippen molar-refractivity contribution < 1.29 is 23.4 Å². The number of piperidine rings is 1. The molecule has 4 rings (SSSR count). The third kappa shape index (κ3) is 7.25. The SMILES string of the molecule is C[C@@H](COC1CCN(c2nc3ccc(OCCC4CC4)cc3o2)CC1)NC(=O)OC(C)(C)C. The van der Waals surface area contributed by atoms with Gasteiger partial charge in [-0.05, 0) is 65.0 Å². The molecule has 1 saturated heterocycles. The number of ether oxygens (including phenoxy) is 3. The second-order valence-corrected chi connectivity index (χ2v) is 10.3. The molecule has 0 spiro atoms. The molecule has 0 unspecified atom stereocenters. The van der Waals surface area contributed by atoms with Gasteiger partial charge in [0.2, 0.25) is 0 Å². The largest absolute Gasteiger partial charge is 0.493 e. The van der Waals surface area contributed by atoms with Crippen molar-refractivity contribution in [3.63, 3.8) is 0 Å². The molecule has 1 aliphatic carbocycles. The van der Waals surface area contributed by atoms with Gasteiger partial charge in [-0.15, -0.1) is 0 Å². The number of carbonyl (C=O) groups is 1. The predicted octanol–water partition coefficient (Wildman–Crippen LogP) is 4.91. The van der Waals surface area contributed by atoms with E-state index in [9.17, 15) is 4.79 Å². The van der Waals surface area contributed by atoms with Crippen LogP contribution in [0.25, 0.3) is 11.1 Å². The minimum Gasteiger partial charge on any atom is -0.493 e. The van der Waals surface area contributed by atoms with Crippen LogP contribution in [0.1, 0.15) is 59.8 Å². The van der Waals surface area contributed by atoms with Gasteiger partial charge in [0, 0.05) is 19.2 Å². The van der Waals surface area contributed by atoms with Crippen molar-refractivity contribution in [2.75, 3.05) is 31.2 Å². The molecule has 0 radical (unpaired) electrons. The normalized spacial score (nSPS) is 18.4. The van der Waals surface area contributed by atoms with Gasteiger partial charge in [-0.3, -0.25) is 0 Å². The van der Waals surface area contributed by atoms with Crippen LogP contribution in [-0.4, -0.2) is 55.1 Å². The van der Waals surface area contributed by atoms with E-state index in [1.54, 1.807) is 0 Å². The van der Waals surface area contributed by atoms with Gasteiger partial charge in [-0.1, -0.05) is 12.8 Å². The first-order valence-corrected chi connectivity index (χ1v) is 12.1. The first-order valence-electron chi connectivity index (χ1n) is 12.1. The van der Waals surface area contributed by atoms with Gasteiger partial charge in [-0.25, -0.2) is 4.79 Å². The highest BCUT2D eigenvalue weighted by Crippen LogP contribution is 2.33. The molecule has 1 aromatic heterocycles. The van der Waals surface area contributed by atoms with E-state index >= 15 is 0 Å². The molecule has 33 heavy (non-hydrogen) atoms. The molecule has 8 nitrogen and oxygen atoms in total. The fraction of sp³-hybridized carbons (Fsp3) is 0.680. The van der Waals surface area contributed by atoms with Crippen LogP contribution in [-0.2, 0) is 9.47 Å². The van der Waals surface area contributed by atoms with Crippen LogP contribution in [0.5, 0.6) is 5.75 Å². The van der Waals surface area contributed by atoms with Gasteiger partial charge in [0.15, 0.2) is 5.58 Å². The van der Waals surface area contributed by atoms with E-state index in [1.165, 1.54) is 12.8 Å². The molecule has 8 heteroatoms. The summed E-state index contributed by atoms with van der Waals surface area (Å²) >= 11 is 0. The van der Waals surface area contributed by atoms with Crippen LogP contribution >= 0.6 is 0 Å². The number of alkyl carbamates (subject to hydrolysis) is 1. The predicted molar refractivity (Wildman–Crippen MR) is 127 cm³/mol. The fourth-order valence-electron chi connectivity index (χ4n) is 3.91. The average Bonchev–Trinajstić information content (AvgIpc) is 3.47. The first-order chi connectivity index (χ1) is 15.7. The maximum Gasteiger partial charge on any atom is 0.407 e. The standard InChI is InChI=1S/C25H37N3O5/c1-17(26-24(29)33-25(2,3)4)16-31-19-9-12-28(13-10-19)23-27-21-8-7-20(15-22(21)32-23)30-14-11-18-5-6-18/h7-8,15,17-19H,5-6,9-14,16H2,1-4H3,(H,26,29)/t17-/m0/s1. The van der Waals surface area contributed by atoms with Crippen LogP contribution in [0.2, 0.25) is 0 Å². The van der Waals surface area contributed by atoms with Gasteiger partial charge < -0.3 is 28.8 Å². The van der Waals surface area contributed by atoms with Crippen LogP contribution in [0.15, 0.2) is 22.6 Å². The van der Waals surface area contributed by atoms with Crippen molar-refractivity contribution >= 4 is 23.2 Å². The lowest BCUT2D eigenvalue weighted by molar-refractivity contribution is 0.0179. The molecule has 1 amide bonds. The number of amides is 1. The molecular weight excluding hydrogens is 422 g/mol. The van der Waals surface area contributed by atoms with Crippen molar-refractivity contribution in [1.82, 2.24) is 10.3 Å². The van der Waals surface area contributed by atoms with E-state index in [2.05, 4.69) is 15.2 Å². The number of aromatic nitrogens is 1. The summed E-state index contributed by atoms with van der Waals surface area (Å²) in [6, 6.07) is 6.40. The fourth-order valence-corrected chi connectivity index (χ4v) is 3.91. The Morgan fingerprint density at radius 1 is 1.24 bits per heavy atom. The zero-order chi connectivity index (χ0) is 23.4. The Morgan fingerprint density at radius 2 is 2.00 bits per heavy atom. The third-order valence-electron chi connectivity index (χ3n) is 5.90. The highest BCUT2D eigenvalue weighted by Gasteiger charge is 2.25. The van der Waals surface area contributed by atoms with E-state index in [-0.39, 0.29) is 12.1 Å². The maximum absolute atomic E-state index is 11.9. The number of fused-ring (bicyclic) bond motifs is 1. The Morgan fingerprint density at radius 3 is 2.70 bits per heavy atom. The highest BCUT2D eigenvalue weighted by molar-refractivity contribution is 5.76. The Balaban J connectivity index is 1.20. The van der Waals surface area contributed by atoms with Gasteiger partial charge in [0.25, 0.3) is 6.01 Å². The lowest BCUT2D eigenvalue weighted by atomic mass is 10.1. The van der Waals surface area contributed by atoms with Crippen molar-refractivity contribution in [3.05, 3.63) is 18.2 Å². The monoisotopic (exact) mass is 459 g/mol. The summed E-state index contributed by atoms with van der Waals surface area (Å²) in [5.74, 6) is 1.70. The first kappa shape index (κ1) is 23.7. The second-order valence-electron chi connectivity index (χ2n) is 10.3. The Kier molecular flexibility index (Phi) is 7.32. The Bertz CT molecular complexity index is 926. The summed E-state index contributed by atoms with van der Waals surface area (Å²) in [7, 11) is 0. The average molecular weight is 460 g/mol. The molecule has 1 atom stereocenters. The maximum atomic E-state index is 11.9. The molecule has 1 N–H and O–H groups in total. The van der Waals surface area contributed by atoms with Gasteiger partial charge in [-0.2, -0.15) is 4.98 Å². The van der Waals surface area contributed by atoms with E-state index in [4.69, 9.17) is 18.6 Å². The van der Waals surface area contributed by atoms with Gasteiger partial charge >= 0.3 is 6.09 Å². The number of anilines is 1. The number of hydrogen-bond donors (Lipinski definition) is 1. The second kappa shape index (κ2) is 10.2. The number of hydrogen-bond acceptors (Lipinski definition) is 7.